The summed E-state index contributed by atoms with van der Waals surface area (Å²) < 4.78 is 0. The molecule has 0 saturated heterocycles. The van der Waals surface area contributed by atoms with Crippen molar-refractivity contribution in [3.8, 4) is 0 Å². The van der Waals surface area contributed by atoms with E-state index < -0.39 is 0 Å². The third-order valence-electron chi connectivity index (χ3n) is 0.500. The molecule has 0 heterocycles. The van der Waals surface area contributed by atoms with Gasteiger partial charge in [-0.25, -0.2) is 0 Å². The van der Waals surface area contributed by atoms with E-state index in [1.54, 1.807) is 0 Å². The molecule has 0 aromatic rings. The molecule has 0 aromatic carbocycles. The molecule has 0 unspecified atom stereocenters. The Morgan fingerprint density at radius 3 is 1.60 bits per heavy atom. The van der Waals surface area contributed by atoms with Gasteiger partial charge in [0, 0.05) is 0 Å². The van der Waals surface area contributed by atoms with E-state index in [9.17, 15) is 0 Å². The molecule has 0 aromatic heterocycles. The minimum atomic E-state index is 0.528. The fourth-order valence-electron chi connectivity index (χ4n) is 0.250. The summed E-state index contributed by atoms with van der Waals surface area (Å²) >= 11 is 0.528. The molecule has 0 amide bonds. The fraction of sp³-hybridized carbons (Fsp3) is 1.00. The van der Waals surface area contributed by atoms with Crippen LogP contribution in [-0.4, -0.2) is 15.4 Å². The van der Waals surface area contributed by atoms with Crippen molar-refractivity contribution < 1.29 is 0 Å². The van der Waals surface area contributed by atoms with Crippen LogP contribution in [0.4, 0.5) is 0 Å². The first-order valence-corrected chi connectivity index (χ1v) is 5.09. The van der Waals surface area contributed by atoms with Crippen LogP contribution in [0.3, 0.4) is 0 Å². The minimum absolute atomic E-state index is 0.528. The van der Waals surface area contributed by atoms with Crippen molar-refractivity contribution in [2.24, 2.45) is 0 Å². The number of hydrogen-bond donors (Lipinski definition) is 0. The van der Waals surface area contributed by atoms with Gasteiger partial charge in [-0.15, -0.1) is 0 Å². The predicted octanol–water partition coefficient (Wildman–Crippen LogP) is 1.57. The Bertz CT molecular complexity index is 11.1. The predicted molar refractivity (Wildman–Crippen MR) is 26.7 cm³/mol. The van der Waals surface area contributed by atoms with E-state index in [1.165, 1.54) is 10.5 Å². The average Bonchev–Trinajstić information content (AvgIpc) is 1.41. The third kappa shape index (κ3) is 4.54. The summed E-state index contributed by atoms with van der Waals surface area (Å²) in [5.74, 6) is 0. The van der Waals surface area contributed by atoms with Crippen LogP contribution in [0.5, 0.6) is 0 Å². The first-order valence-electron chi connectivity index (χ1n) is 2.12. The molecule has 2 radical (unpaired) electrons. The summed E-state index contributed by atoms with van der Waals surface area (Å²) in [7, 11) is 0. The summed E-state index contributed by atoms with van der Waals surface area (Å²) in [6.45, 7) is 4.53. The van der Waals surface area contributed by atoms with Crippen LogP contribution in [0, 0.1) is 0 Å². The van der Waals surface area contributed by atoms with Crippen LogP contribution in [0.2, 0.25) is 10.5 Å². The Labute approximate surface area is 40.4 Å². The quantitative estimate of drug-likeness (QED) is 0.498. The van der Waals surface area contributed by atoms with Gasteiger partial charge in [0.05, 0.1) is 0 Å². The van der Waals surface area contributed by atoms with Crippen LogP contribution in [0.1, 0.15) is 13.8 Å². The zero-order valence-electron chi connectivity index (χ0n) is 3.91. The Kier molecular flexibility index (Phi) is 5.04. The van der Waals surface area contributed by atoms with E-state index in [2.05, 4.69) is 13.8 Å². The molecule has 0 aliphatic rings. The van der Waals surface area contributed by atoms with Crippen LogP contribution in [0.25, 0.3) is 0 Å². The normalized spacial score (nSPS) is 8.40. The van der Waals surface area contributed by atoms with Gasteiger partial charge in [0.2, 0.25) is 0 Å². The van der Waals surface area contributed by atoms with Gasteiger partial charge in [0.1, 0.15) is 0 Å². The van der Waals surface area contributed by atoms with Gasteiger partial charge in [-0.05, 0) is 0 Å². The molecular formula is C4H10Ge. The van der Waals surface area contributed by atoms with Crippen molar-refractivity contribution in [1.29, 1.82) is 0 Å². The Morgan fingerprint density at radius 2 is 1.60 bits per heavy atom. The molecule has 0 atom stereocenters. The summed E-state index contributed by atoms with van der Waals surface area (Å²) in [5, 5.41) is 2.94. The maximum atomic E-state index is 2.27. The second-order valence-corrected chi connectivity index (χ2v) is 4.97. The fourth-order valence-corrected chi connectivity index (χ4v) is 1.30. The molecular weight excluding hydrogens is 121 g/mol. The van der Waals surface area contributed by atoms with Gasteiger partial charge < -0.3 is 0 Å². The van der Waals surface area contributed by atoms with Gasteiger partial charge in [0.25, 0.3) is 0 Å². The molecule has 0 rings (SSSR count). The Morgan fingerprint density at radius 1 is 1.20 bits per heavy atom. The zero-order chi connectivity index (χ0) is 4.12. The third-order valence-corrected chi connectivity index (χ3v) is 2.60. The first kappa shape index (κ1) is 5.54. The Hall–Kier alpha value is 0.543. The second-order valence-electron chi connectivity index (χ2n) is 0.957. The molecule has 0 aliphatic heterocycles. The van der Waals surface area contributed by atoms with E-state index >= 15 is 0 Å². The van der Waals surface area contributed by atoms with E-state index in [0.717, 1.165) is 0 Å². The van der Waals surface area contributed by atoms with Gasteiger partial charge in [-0.2, -0.15) is 0 Å². The molecule has 0 bridgehead atoms. The van der Waals surface area contributed by atoms with Gasteiger partial charge in [-0.3, -0.25) is 0 Å². The second kappa shape index (κ2) is 4.54. The first-order chi connectivity index (χ1) is 2.41. The molecule has 0 nitrogen and oxygen atoms in total. The van der Waals surface area contributed by atoms with Crippen LogP contribution in [0.15, 0.2) is 0 Å². The van der Waals surface area contributed by atoms with Crippen molar-refractivity contribution in [2.75, 3.05) is 0 Å². The van der Waals surface area contributed by atoms with Crippen molar-refractivity contribution in [3.63, 3.8) is 0 Å². The molecule has 0 spiro atoms. The zero-order valence-corrected chi connectivity index (χ0v) is 6.01. The maximum absolute atomic E-state index is 2.27. The number of hydrogen-bond acceptors (Lipinski definition) is 0. The van der Waals surface area contributed by atoms with Crippen molar-refractivity contribution in [2.45, 2.75) is 24.4 Å². The standard InChI is InChI=1S/C4H10Ge/c1-3-5-4-2/h3-4H2,1-2H3. The summed E-state index contributed by atoms with van der Waals surface area (Å²) in [6.07, 6.45) is 0. The molecule has 0 aliphatic carbocycles. The van der Waals surface area contributed by atoms with Gasteiger partial charge >= 0.3 is 39.8 Å². The summed E-state index contributed by atoms with van der Waals surface area (Å²) in [5.41, 5.74) is 0. The molecule has 1 heteroatoms. The monoisotopic (exact) mass is 132 g/mol. The molecule has 0 saturated carbocycles. The SMILES string of the molecule is C[CH2][Ge][CH2]C. The van der Waals surface area contributed by atoms with Crippen LogP contribution >= 0.6 is 0 Å². The molecule has 0 fully saturated rings. The van der Waals surface area contributed by atoms with E-state index in [1.807, 2.05) is 0 Å². The summed E-state index contributed by atoms with van der Waals surface area (Å²) in [6, 6.07) is 0. The molecule has 0 N–H and O–H groups in total. The van der Waals surface area contributed by atoms with Crippen molar-refractivity contribution >= 4 is 15.4 Å². The summed E-state index contributed by atoms with van der Waals surface area (Å²) in [4.78, 5) is 0. The van der Waals surface area contributed by atoms with Crippen LogP contribution in [-0.2, 0) is 0 Å². The Balaban J connectivity index is 2.19. The van der Waals surface area contributed by atoms with Crippen LogP contribution < -0.4 is 0 Å². The van der Waals surface area contributed by atoms with Gasteiger partial charge in [-0.1, -0.05) is 0 Å². The van der Waals surface area contributed by atoms with Crippen molar-refractivity contribution in [1.82, 2.24) is 0 Å². The van der Waals surface area contributed by atoms with E-state index in [0.29, 0.717) is 15.4 Å². The molecule has 30 valence electrons. The van der Waals surface area contributed by atoms with Gasteiger partial charge in [0.15, 0.2) is 0 Å². The van der Waals surface area contributed by atoms with Crippen molar-refractivity contribution in [3.05, 3.63) is 0 Å². The van der Waals surface area contributed by atoms with E-state index in [4.69, 9.17) is 0 Å². The topological polar surface area (TPSA) is 0 Å². The average molecular weight is 131 g/mol. The number of rotatable bonds is 2. The molecule has 5 heavy (non-hydrogen) atoms. The van der Waals surface area contributed by atoms with E-state index in [-0.39, 0.29) is 0 Å².